The van der Waals surface area contributed by atoms with Gasteiger partial charge in [-0.2, -0.15) is 0 Å². The second-order valence-corrected chi connectivity index (χ2v) is 5.65. The largest absolute Gasteiger partial charge is 0.462 e. The lowest BCUT2D eigenvalue weighted by Crippen LogP contribution is -2.03. The van der Waals surface area contributed by atoms with Crippen molar-refractivity contribution in [3.05, 3.63) is 58.1 Å². The number of carbonyl (C=O) groups excluding carboxylic acids is 1. The number of aromatic nitrogens is 1. The van der Waals surface area contributed by atoms with E-state index >= 15 is 0 Å². The molecule has 2 aromatic carbocycles. The van der Waals surface area contributed by atoms with Gasteiger partial charge in [0.2, 0.25) is 0 Å². The zero-order valence-electron chi connectivity index (χ0n) is 11.8. The number of carbonyl (C=O) groups is 1. The Balaban J connectivity index is 1.95. The molecule has 0 unspecified atom stereocenters. The molecule has 0 amide bonds. The molecule has 0 atom stereocenters. The van der Waals surface area contributed by atoms with Crippen molar-refractivity contribution in [3.8, 4) is 11.3 Å². The van der Waals surface area contributed by atoms with Crippen LogP contribution in [0.2, 0.25) is 10.0 Å². The molecular weight excluding hydrogens is 321 g/mol. The van der Waals surface area contributed by atoms with E-state index in [1.54, 1.807) is 25.1 Å². The second-order valence-electron chi connectivity index (χ2n) is 4.83. The van der Waals surface area contributed by atoms with Crippen LogP contribution in [-0.2, 0) is 4.74 Å². The number of benzene rings is 2. The number of fused-ring (bicyclic) bond motifs is 1. The van der Waals surface area contributed by atoms with E-state index in [-0.39, 0.29) is 5.97 Å². The Labute approximate surface area is 137 Å². The summed E-state index contributed by atoms with van der Waals surface area (Å²) in [6, 6.07) is 12.9. The molecule has 0 aliphatic heterocycles. The maximum absolute atomic E-state index is 11.6. The minimum atomic E-state index is -0.315. The molecule has 3 rings (SSSR count). The molecule has 0 fully saturated rings. The van der Waals surface area contributed by atoms with E-state index in [0.717, 1.165) is 22.2 Å². The number of nitrogens with one attached hydrogen (secondary N) is 1. The summed E-state index contributed by atoms with van der Waals surface area (Å²) in [6.45, 7) is 2.15. The third-order valence-electron chi connectivity index (χ3n) is 3.37. The highest BCUT2D eigenvalue weighted by Gasteiger charge is 2.09. The summed E-state index contributed by atoms with van der Waals surface area (Å²) in [6.07, 6.45) is 0. The SMILES string of the molecule is CCOC(=O)c1ccc(-c2cc3cc(Cl)c(Cl)cc3[nH]2)cc1. The zero-order chi connectivity index (χ0) is 15.7. The molecule has 112 valence electrons. The molecule has 0 saturated heterocycles. The first-order valence-corrected chi connectivity index (χ1v) is 7.59. The van der Waals surface area contributed by atoms with Gasteiger partial charge in [-0.3, -0.25) is 0 Å². The highest BCUT2D eigenvalue weighted by molar-refractivity contribution is 6.42. The molecule has 0 radical (unpaired) electrons. The van der Waals surface area contributed by atoms with Gasteiger partial charge in [0.1, 0.15) is 0 Å². The van der Waals surface area contributed by atoms with Crippen LogP contribution in [0, 0.1) is 0 Å². The standard InChI is InChI=1S/C17H13Cl2NO2/c1-2-22-17(21)11-5-3-10(4-6-11)15-8-12-7-13(18)14(19)9-16(12)20-15/h3-9,20H,2H2,1H3. The normalized spacial score (nSPS) is 10.9. The molecule has 0 saturated carbocycles. The summed E-state index contributed by atoms with van der Waals surface area (Å²) < 4.78 is 4.97. The van der Waals surface area contributed by atoms with Crippen LogP contribution in [0.15, 0.2) is 42.5 Å². The molecule has 1 aromatic heterocycles. The smallest absolute Gasteiger partial charge is 0.338 e. The highest BCUT2D eigenvalue weighted by atomic mass is 35.5. The van der Waals surface area contributed by atoms with Gasteiger partial charge in [0.05, 0.1) is 22.2 Å². The Kier molecular flexibility index (Phi) is 4.10. The minimum absolute atomic E-state index is 0.315. The van der Waals surface area contributed by atoms with Crippen molar-refractivity contribution >= 4 is 40.1 Å². The van der Waals surface area contributed by atoms with E-state index in [2.05, 4.69) is 4.98 Å². The number of ether oxygens (including phenoxy) is 1. The van der Waals surface area contributed by atoms with Crippen LogP contribution in [0.1, 0.15) is 17.3 Å². The van der Waals surface area contributed by atoms with Crippen molar-refractivity contribution in [2.75, 3.05) is 6.61 Å². The van der Waals surface area contributed by atoms with E-state index in [1.165, 1.54) is 0 Å². The number of esters is 1. The van der Waals surface area contributed by atoms with Crippen molar-refractivity contribution in [1.29, 1.82) is 0 Å². The fourth-order valence-electron chi connectivity index (χ4n) is 2.28. The van der Waals surface area contributed by atoms with Gasteiger partial charge in [-0.05, 0) is 42.8 Å². The Morgan fingerprint density at radius 2 is 1.77 bits per heavy atom. The first-order chi connectivity index (χ1) is 10.6. The molecule has 0 bridgehead atoms. The van der Waals surface area contributed by atoms with Gasteiger partial charge in [0.25, 0.3) is 0 Å². The zero-order valence-corrected chi connectivity index (χ0v) is 13.3. The van der Waals surface area contributed by atoms with E-state index in [1.807, 2.05) is 24.3 Å². The molecule has 1 N–H and O–H groups in total. The first-order valence-electron chi connectivity index (χ1n) is 6.84. The summed E-state index contributed by atoms with van der Waals surface area (Å²) in [5, 5.41) is 2.02. The summed E-state index contributed by atoms with van der Waals surface area (Å²) in [4.78, 5) is 14.9. The number of hydrogen-bond donors (Lipinski definition) is 1. The Bertz CT molecular complexity index is 799. The summed E-state index contributed by atoms with van der Waals surface area (Å²) in [5.41, 5.74) is 3.35. The van der Waals surface area contributed by atoms with Gasteiger partial charge in [-0.15, -0.1) is 0 Å². The topological polar surface area (TPSA) is 42.1 Å². The molecule has 0 aliphatic rings. The van der Waals surface area contributed by atoms with Crippen LogP contribution in [0.4, 0.5) is 0 Å². The van der Waals surface area contributed by atoms with Gasteiger partial charge in [0.15, 0.2) is 0 Å². The van der Waals surface area contributed by atoms with Gasteiger partial charge < -0.3 is 9.72 Å². The third kappa shape index (κ3) is 2.82. The average molecular weight is 334 g/mol. The van der Waals surface area contributed by atoms with Crippen LogP contribution in [0.25, 0.3) is 22.2 Å². The van der Waals surface area contributed by atoms with Crippen LogP contribution in [0.3, 0.4) is 0 Å². The molecular formula is C17H13Cl2NO2. The lowest BCUT2D eigenvalue weighted by molar-refractivity contribution is 0.0526. The van der Waals surface area contributed by atoms with Crippen molar-refractivity contribution in [2.45, 2.75) is 6.92 Å². The first kappa shape index (κ1) is 14.9. The fraction of sp³-hybridized carbons (Fsp3) is 0.118. The van der Waals surface area contributed by atoms with Crippen LogP contribution >= 0.6 is 23.2 Å². The van der Waals surface area contributed by atoms with Gasteiger partial charge >= 0.3 is 5.97 Å². The third-order valence-corrected chi connectivity index (χ3v) is 4.09. The predicted octanol–water partition coefficient (Wildman–Crippen LogP) is 5.32. The van der Waals surface area contributed by atoms with Gasteiger partial charge in [-0.25, -0.2) is 4.79 Å². The molecule has 0 spiro atoms. The van der Waals surface area contributed by atoms with Crippen molar-refractivity contribution in [2.24, 2.45) is 0 Å². The van der Waals surface area contributed by atoms with Crippen LogP contribution in [0.5, 0.6) is 0 Å². The minimum Gasteiger partial charge on any atom is -0.462 e. The highest BCUT2D eigenvalue weighted by Crippen LogP contribution is 2.31. The molecule has 3 nitrogen and oxygen atoms in total. The monoisotopic (exact) mass is 333 g/mol. The lowest BCUT2D eigenvalue weighted by atomic mass is 10.1. The lowest BCUT2D eigenvalue weighted by Gasteiger charge is -2.02. The average Bonchev–Trinajstić information content (AvgIpc) is 2.91. The molecule has 5 heteroatoms. The molecule has 0 aliphatic carbocycles. The summed E-state index contributed by atoms with van der Waals surface area (Å²) in [7, 11) is 0. The van der Waals surface area contributed by atoms with E-state index in [4.69, 9.17) is 27.9 Å². The van der Waals surface area contributed by atoms with E-state index < -0.39 is 0 Å². The number of H-pyrrole nitrogens is 1. The molecule has 22 heavy (non-hydrogen) atoms. The predicted molar refractivity (Wildman–Crippen MR) is 89.7 cm³/mol. The van der Waals surface area contributed by atoms with Gasteiger partial charge in [0, 0.05) is 16.6 Å². The van der Waals surface area contributed by atoms with Crippen LogP contribution < -0.4 is 0 Å². The number of rotatable bonds is 3. The fourth-order valence-corrected chi connectivity index (χ4v) is 2.62. The van der Waals surface area contributed by atoms with Crippen LogP contribution in [-0.4, -0.2) is 17.6 Å². The van der Waals surface area contributed by atoms with E-state index in [9.17, 15) is 4.79 Å². The maximum Gasteiger partial charge on any atom is 0.338 e. The maximum atomic E-state index is 11.6. The van der Waals surface area contributed by atoms with E-state index in [0.29, 0.717) is 22.2 Å². The quantitative estimate of drug-likeness (QED) is 0.659. The number of aromatic amines is 1. The Hall–Kier alpha value is -1.97. The number of halogens is 2. The number of hydrogen-bond acceptors (Lipinski definition) is 2. The Morgan fingerprint density at radius 3 is 2.45 bits per heavy atom. The summed E-state index contributed by atoms with van der Waals surface area (Å²) >= 11 is 12.1. The summed E-state index contributed by atoms with van der Waals surface area (Å²) in [5.74, 6) is -0.315. The van der Waals surface area contributed by atoms with Crippen molar-refractivity contribution in [3.63, 3.8) is 0 Å². The van der Waals surface area contributed by atoms with Crippen molar-refractivity contribution < 1.29 is 9.53 Å². The second kappa shape index (κ2) is 6.03. The Morgan fingerprint density at radius 1 is 1.09 bits per heavy atom. The van der Waals surface area contributed by atoms with Gasteiger partial charge in [-0.1, -0.05) is 35.3 Å². The molecule has 1 heterocycles. The molecule has 3 aromatic rings. The van der Waals surface area contributed by atoms with Crippen molar-refractivity contribution in [1.82, 2.24) is 4.98 Å².